The minimum Gasteiger partial charge on any atom is -0.497 e. The fourth-order valence-electron chi connectivity index (χ4n) is 2.00. The fourth-order valence-corrected chi connectivity index (χ4v) is 2.18. The van der Waals surface area contributed by atoms with Crippen LogP contribution in [0.25, 0.3) is 0 Å². The number of thiocarbonyl (C=S) groups is 1. The van der Waals surface area contributed by atoms with E-state index in [4.69, 9.17) is 22.7 Å². The molecule has 2 aromatic rings. The van der Waals surface area contributed by atoms with E-state index in [1.165, 1.54) is 12.1 Å². The molecule has 2 aromatic carbocycles. The second-order valence-corrected chi connectivity index (χ2v) is 5.02. The van der Waals surface area contributed by atoms with Crippen molar-refractivity contribution in [1.29, 1.82) is 0 Å². The standard InChI is InChI=1S/C16H17FN2OS/c1-20-13-6-7-14(16(18)21)15(10-13)19-9-8-11-2-4-12(17)5-3-11/h2-7,10,19H,8-9H2,1H3,(H2,18,21). The van der Waals surface area contributed by atoms with Crippen LogP contribution in [-0.4, -0.2) is 18.6 Å². The van der Waals surface area contributed by atoms with Gasteiger partial charge in [0.05, 0.1) is 7.11 Å². The van der Waals surface area contributed by atoms with Gasteiger partial charge in [-0.3, -0.25) is 0 Å². The first-order valence-electron chi connectivity index (χ1n) is 6.56. The highest BCUT2D eigenvalue weighted by Gasteiger charge is 2.06. The van der Waals surface area contributed by atoms with Crippen LogP contribution >= 0.6 is 12.2 Å². The zero-order chi connectivity index (χ0) is 15.2. The Morgan fingerprint density at radius 2 is 1.95 bits per heavy atom. The van der Waals surface area contributed by atoms with Gasteiger partial charge in [0, 0.05) is 23.9 Å². The third-order valence-corrected chi connectivity index (χ3v) is 3.35. The van der Waals surface area contributed by atoms with E-state index < -0.39 is 0 Å². The summed E-state index contributed by atoms with van der Waals surface area (Å²) in [5.74, 6) is 0.509. The van der Waals surface area contributed by atoms with E-state index in [0.717, 1.165) is 29.0 Å². The molecule has 21 heavy (non-hydrogen) atoms. The van der Waals surface area contributed by atoms with Gasteiger partial charge in [0.25, 0.3) is 0 Å². The largest absolute Gasteiger partial charge is 0.497 e. The number of benzene rings is 2. The van der Waals surface area contributed by atoms with Gasteiger partial charge in [-0.25, -0.2) is 4.39 Å². The van der Waals surface area contributed by atoms with Gasteiger partial charge in [0.1, 0.15) is 16.6 Å². The first-order chi connectivity index (χ1) is 10.1. The number of ether oxygens (including phenoxy) is 1. The van der Waals surface area contributed by atoms with Crippen molar-refractivity contribution in [3.8, 4) is 5.75 Å². The van der Waals surface area contributed by atoms with Crippen molar-refractivity contribution in [2.45, 2.75) is 6.42 Å². The SMILES string of the molecule is COc1ccc(C(N)=S)c(NCCc2ccc(F)cc2)c1. The number of rotatable bonds is 6. The lowest BCUT2D eigenvalue weighted by molar-refractivity contribution is 0.415. The highest BCUT2D eigenvalue weighted by molar-refractivity contribution is 7.80. The number of nitrogens with one attached hydrogen (secondary N) is 1. The van der Waals surface area contributed by atoms with Gasteiger partial charge < -0.3 is 15.8 Å². The molecule has 3 N–H and O–H groups in total. The maximum atomic E-state index is 12.8. The zero-order valence-electron chi connectivity index (χ0n) is 11.7. The lowest BCUT2D eigenvalue weighted by Gasteiger charge is -2.13. The summed E-state index contributed by atoms with van der Waals surface area (Å²) >= 11 is 5.04. The summed E-state index contributed by atoms with van der Waals surface area (Å²) in [5, 5.41) is 3.29. The molecule has 0 unspecified atom stereocenters. The third-order valence-electron chi connectivity index (χ3n) is 3.13. The third kappa shape index (κ3) is 4.16. The molecule has 110 valence electrons. The molecule has 0 aliphatic carbocycles. The summed E-state index contributed by atoms with van der Waals surface area (Å²) in [6.45, 7) is 0.689. The zero-order valence-corrected chi connectivity index (χ0v) is 12.5. The van der Waals surface area contributed by atoms with Crippen LogP contribution in [0.15, 0.2) is 42.5 Å². The smallest absolute Gasteiger partial charge is 0.123 e. The van der Waals surface area contributed by atoms with Crippen molar-refractivity contribution in [3.63, 3.8) is 0 Å². The van der Waals surface area contributed by atoms with Crippen molar-refractivity contribution in [1.82, 2.24) is 0 Å². The van der Waals surface area contributed by atoms with Crippen LogP contribution in [0.5, 0.6) is 5.75 Å². The Labute approximate surface area is 128 Å². The Balaban J connectivity index is 2.04. The lowest BCUT2D eigenvalue weighted by atomic mass is 10.1. The Bertz CT molecular complexity index is 629. The minimum atomic E-state index is -0.227. The van der Waals surface area contributed by atoms with Crippen molar-refractivity contribution in [2.75, 3.05) is 19.0 Å². The average Bonchev–Trinajstić information content (AvgIpc) is 2.49. The van der Waals surface area contributed by atoms with E-state index >= 15 is 0 Å². The molecule has 0 amide bonds. The van der Waals surface area contributed by atoms with E-state index in [1.807, 2.05) is 18.2 Å². The summed E-state index contributed by atoms with van der Waals surface area (Å²) in [4.78, 5) is 0.335. The van der Waals surface area contributed by atoms with Gasteiger partial charge in [0.2, 0.25) is 0 Å². The molecule has 0 saturated heterocycles. The molecular formula is C16H17FN2OS. The van der Waals surface area contributed by atoms with Gasteiger partial charge in [-0.15, -0.1) is 0 Å². The number of nitrogens with two attached hydrogens (primary N) is 1. The van der Waals surface area contributed by atoms with E-state index in [2.05, 4.69) is 5.32 Å². The maximum Gasteiger partial charge on any atom is 0.123 e. The molecule has 5 heteroatoms. The topological polar surface area (TPSA) is 47.3 Å². The highest BCUT2D eigenvalue weighted by atomic mass is 32.1. The van der Waals surface area contributed by atoms with E-state index in [-0.39, 0.29) is 5.82 Å². The molecular weight excluding hydrogens is 287 g/mol. The first kappa shape index (κ1) is 15.3. The van der Waals surface area contributed by atoms with Crippen LogP contribution in [0.4, 0.5) is 10.1 Å². The van der Waals surface area contributed by atoms with E-state index in [0.29, 0.717) is 11.5 Å². The van der Waals surface area contributed by atoms with Crippen LogP contribution in [0.3, 0.4) is 0 Å². The van der Waals surface area contributed by atoms with Gasteiger partial charge in [-0.2, -0.15) is 0 Å². The van der Waals surface area contributed by atoms with E-state index in [1.54, 1.807) is 19.2 Å². The van der Waals surface area contributed by atoms with Crippen LogP contribution in [-0.2, 0) is 6.42 Å². The summed E-state index contributed by atoms with van der Waals surface area (Å²) in [7, 11) is 1.61. The maximum absolute atomic E-state index is 12.8. The van der Waals surface area contributed by atoms with Gasteiger partial charge in [0.15, 0.2) is 0 Å². The van der Waals surface area contributed by atoms with Gasteiger partial charge in [-0.1, -0.05) is 24.4 Å². The summed E-state index contributed by atoms with van der Waals surface area (Å²) in [6, 6.07) is 12.0. The number of hydrogen-bond donors (Lipinski definition) is 2. The van der Waals surface area contributed by atoms with E-state index in [9.17, 15) is 4.39 Å². The number of hydrogen-bond acceptors (Lipinski definition) is 3. The Kier molecular flexibility index (Phi) is 5.11. The van der Waals surface area contributed by atoms with Crippen LogP contribution in [0.2, 0.25) is 0 Å². The van der Waals surface area contributed by atoms with Crippen LogP contribution in [0.1, 0.15) is 11.1 Å². The fraction of sp³-hybridized carbons (Fsp3) is 0.188. The highest BCUT2D eigenvalue weighted by Crippen LogP contribution is 2.22. The molecule has 0 heterocycles. The Hall–Kier alpha value is -2.14. The summed E-state index contributed by atoms with van der Waals surface area (Å²) in [6.07, 6.45) is 0.772. The van der Waals surface area contributed by atoms with Gasteiger partial charge in [-0.05, 0) is 36.2 Å². The number of halogens is 1. The molecule has 0 fully saturated rings. The second kappa shape index (κ2) is 7.04. The Morgan fingerprint density at radius 1 is 1.24 bits per heavy atom. The van der Waals surface area contributed by atoms with Crippen LogP contribution < -0.4 is 15.8 Å². The molecule has 3 nitrogen and oxygen atoms in total. The minimum absolute atomic E-state index is 0.227. The molecule has 0 spiro atoms. The number of anilines is 1. The van der Waals surface area contributed by atoms with Crippen molar-refractivity contribution < 1.29 is 9.13 Å². The normalized spacial score (nSPS) is 10.2. The predicted molar refractivity (Wildman–Crippen MR) is 87.5 cm³/mol. The molecule has 0 aromatic heterocycles. The van der Waals surface area contributed by atoms with Crippen LogP contribution in [0, 0.1) is 5.82 Å². The lowest BCUT2D eigenvalue weighted by Crippen LogP contribution is -2.14. The Morgan fingerprint density at radius 3 is 2.57 bits per heavy atom. The average molecular weight is 304 g/mol. The summed E-state index contributed by atoms with van der Waals surface area (Å²) < 4.78 is 18.0. The van der Waals surface area contributed by atoms with Crippen molar-refractivity contribution in [3.05, 3.63) is 59.4 Å². The molecule has 2 rings (SSSR count). The quantitative estimate of drug-likeness (QED) is 0.805. The monoisotopic (exact) mass is 304 g/mol. The molecule has 0 saturated carbocycles. The molecule has 0 aliphatic heterocycles. The van der Waals surface area contributed by atoms with Gasteiger partial charge >= 0.3 is 0 Å². The number of methoxy groups -OCH3 is 1. The van der Waals surface area contributed by atoms with Crippen molar-refractivity contribution in [2.24, 2.45) is 5.73 Å². The van der Waals surface area contributed by atoms with Crippen molar-refractivity contribution >= 4 is 22.9 Å². The first-order valence-corrected chi connectivity index (χ1v) is 6.97. The second-order valence-electron chi connectivity index (χ2n) is 4.58. The molecule has 0 bridgehead atoms. The summed E-state index contributed by atoms with van der Waals surface area (Å²) in [5.41, 5.74) is 8.39. The predicted octanol–water partition coefficient (Wildman–Crippen LogP) is 3.12. The molecule has 0 radical (unpaired) electrons. The molecule has 0 aliphatic rings. The molecule has 0 atom stereocenters.